The van der Waals surface area contributed by atoms with E-state index in [2.05, 4.69) is 166 Å². The van der Waals surface area contributed by atoms with Gasteiger partial charge in [0.2, 0.25) is 0 Å². The predicted molar refractivity (Wildman–Crippen MR) is 202 cm³/mol. The van der Waals surface area contributed by atoms with Gasteiger partial charge in [0, 0.05) is 33.9 Å². The minimum Gasteiger partial charge on any atom is -0.248 e. The first-order valence-electron chi connectivity index (χ1n) is 16.8. The van der Waals surface area contributed by atoms with Crippen molar-refractivity contribution in [3.63, 3.8) is 0 Å². The van der Waals surface area contributed by atoms with E-state index in [4.69, 9.17) is 15.0 Å². The van der Waals surface area contributed by atoms with Crippen molar-refractivity contribution in [2.24, 2.45) is 0 Å². The van der Waals surface area contributed by atoms with Crippen molar-refractivity contribution >= 4 is 10.8 Å². The zero-order valence-corrected chi connectivity index (χ0v) is 27.4. The molecule has 49 heavy (non-hydrogen) atoms. The van der Waals surface area contributed by atoms with Crippen LogP contribution in [0.4, 0.5) is 0 Å². The van der Waals surface area contributed by atoms with E-state index < -0.39 is 0 Å². The van der Waals surface area contributed by atoms with E-state index in [0.717, 1.165) is 61.7 Å². The molecule has 2 heterocycles. The van der Waals surface area contributed by atoms with Crippen molar-refractivity contribution in [3.05, 3.63) is 175 Å². The molecule has 0 atom stereocenters. The lowest BCUT2D eigenvalue weighted by atomic mass is 9.85. The number of hydrogen-bond donors (Lipinski definition) is 0. The summed E-state index contributed by atoms with van der Waals surface area (Å²) >= 11 is 0. The fourth-order valence-corrected chi connectivity index (χ4v) is 7.37. The number of fused-ring (bicyclic) bond motifs is 4. The van der Waals surface area contributed by atoms with Gasteiger partial charge in [0.05, 0.1) is 17.1 Å². The van der Waals surface area contributed by atoms with Crippen molar-refractivity contribution in [3.8, 4) is 67.3 Å². The molecule has 0 radical (unpaired) electrons. The summed E-state index contributed by atoms with van der Waals surface area (Å²) in [6, 6.07) is 55.7. The molecule has 0 aliphatic heterocycles. The third-order valence-corrected chi connectivity index (χ3v) is 9.93. The quantitative estimate of drug-likeness (QED) is 0.191. The first-order valence-corrected chi connectivity index (χ1v) is 16.8. The third-order valence-electron chi connectivity index (χ3n) is 9.93. The monoisotopic (exact) mass is 627 g/mol. The Kier molecular flexibility index (Phi) is 6.80. The third kappa shape index (κ3) is 4.94. The summed E-state index contributed by atoms with van der Waals surface area (Å²) in [5.41, 5.74) is 14.4. The Bertz CT molecular complexity index is 2440. The first-order chi connectivity index (χ1) is 24.0. The molecule has 0 fully saturated rings. The second kappa shape index (κ2) is 11.5. The molecule has 6 aromatic carbocycles. The van der Waals surface area contributed by atoms with Crippen molar-refractivity contribution in [1.29, 1.82) is 0 Å². The van der Waals surface area contributed by atoms with Crippen molar-refractivity contribution in [2.75, 3.05) is 0 Å². The van der Waals surface area contributed by atoms with Crippen LogP contribution in [0, 0.1) is 0 Å². The lowest BCUT2D eigenvalue weighted by Crippen LogP contribution is -2.17. The fourth-order valence-electron chi connectivity index (χ4n) is 7.37. The molecule has 0 N–H and O–H groups in total. The Labute approximate surface area is 286 Å². The van der Waals surface area contributed by atoms with E-state index in [1.165, 1.54) is 27.6 Å². The van der Waals surface area contributed by atoms with Gasteiger partial charge in [0.25, 0.3) is 0 Å². The van der Waals surface area contributed by atoms with Crippen LogP contribution in [0.5, 0.6) is 0 Å². The highest BCUT2D eigenvalue weighted by atomic mass is 14.9. The number of aromatic nitrogens is 3. The van der Waals surface area contributed by atoms with Gasteiger partial charge in [-0.3, -0.25) is 0 Å². The van der Waals surface area contributed by atoms with Gasteiger partial charge in [-0.15, -0.1) is 0 Å². The molecule has 8 aromatic rings. The van der Waals surface area contributed by atoms with Crippen molar-refractivity contribution in [2.45, 2.75) is 19.3 Å². The standard InChI is InChI=1S/C46H33N3/c1-46(2)41-20-12-11-19-38(41)40-29-47-45(49-44(40)46)39-26-25-35(36-17-9-10-18-37(36)39)31-21-23-33(24-22-31)43-28-34(30-13-5-3-6-14-30)27-42(48-43)32-15-7-4-8-16-32/h3-29H,1-2H3. The van der Waals surface area contributed by atoms with Gasteiger partial charge in [-0.25, -0.2) is 15.0 Å². The van der Waals surface area contributed by atoms with Crippen molar-refractivity contribution < 1.29 is 0 Å². The second-order valence-corrected chi connectivity index (χ2v) is 13.3. The molecule has 0 saturated heterocycles. The van der Waals surface area contributed by atoms with Crippen LogP contribution < -0.4 is 0 Å². The van der Waals surface area contributed by atoms with E-state index in [0.29, 0.717) is 0 Å². The Balaban J connectivity index is 1.10. The van der Waals surface area contributed by atoms with Crippen LogP contribution >= 0.6 is 0 Å². The van der Waals surface area contributed by atoms with Gasteiger partial charge < -0.3 is 0 Å². The van der Waals surface area contributed by atoms with E-state index in [1.807, 2.05) is 12.3 Å². The van der Waals surface area contributed by atoms with Crippen LogP contribution in [0.3, 0.4) is 0 Å². The van der Waals surface area contributed by atoms with E-state index in [-0.39, 0.29) is 5.41 Å². The number of rotatable bonds is 5. The first kappa shape index (κ1) is 29.0. The zero-order valence-electron chi connectivity index (χ0n) is 27.4. The highest BCUT2D eigenvalue weighted by Crippen LogP contribution is 2.48. The molecular formula is C46H33N3. The molecular weight excluding hydrogens is 595 g/mol. The topological polar surface area (TPSA) is 38.7 Å². The van der Waals surface area contributed by atoms with Crippen LogP contribution in [0.25, 0.3) is 78.1 Å². The van der Waals surface area contributed by atoms with Gasteiger partial charge in [0.1, 0.15) is 0 Å². The molecule has 2 aromatic heterocycles. The Morgan fingerprint density at radius 3 is 1.67 bits per heavy atom. The maximum Gasteiger partial charge on any atom is 0.160 e. The summed E-state index contributed by atoms with van der Waals surface area (Å²) in [4.78, 5) is 15.3. The molecule has 1 aliphatic rings. The normalized spacial score (nSPS) is 12.9. The highest BCUT2D eigenvalue weighted by molar-refractivity contribution is 6.04. The summed E-state index contributed by atoms with van der Waals surface area (Å²) in [6.45, 7) is 4.52. The minimum absolute atomic E-state index is 0.182. The van der Waals surface area contributed by atoms with Crippen LogP contribution in [0.2, 0.25) is 0 Å². The highest BCUT2D eigenvalue weighted by Gasteiger charge is 2.37. The molecule has 3 nitrogen and oxygen atoms in total. The molecule has 0 amide bonds. The molecule has 3 heteroatoms. The van der Waals surface area contributed by atoms with E-state index in [9.17, 15) is 0 Å². The smallest absolute Gasteiger partial charge is 0.160 e. The van der Waals surface area contributed by atoms with Gasteiger partial charge in [-0.2, -0.15) is 0 Å². The van der Waals surface area contributed by atoms with Crippen LogP contribution in [0.1, 0.15) is 25.1 Å². The lowest BCUT2D eigenvalue weighted by Gasteiger charge is -2.20. The molecule has 0 saturated carbocycles. The number of pyridine rings is 1. The molecule has 0 bridgehead atoms. The van der Waals surface area contributed by atoms with Crippen molar-refractivity contribution in [1.82, 2.24) is 15.0 Å². The largest absolute Gasteiger partial charge is 0.248 e. The van der Waals surface area contributed by atoms with Crippen LogP contribution in [-0.2, 0) is 5.41 Å². The Hall–Kier alpha value is -6.19. The fraction of sp³-hybridized carbons (Fsp3) is 0.0652. The van der Waals surface area contributed by atoms with Crippen LogP contribution in [0.15, 0.2) is 164 Å². The average Bonchev–Trinajstić information content (AvgIpc) is 3.40. The minimum atomic E-state index is -0.182. The second-order valence-electron chi connectivity index (χ2n) is 13.3. The Morgan fingerprint density at radius 2 is 0.959 bits per heavy atom. The number of benzene rings is 6. The van der Waals surface area contributed by atoms with E-state index in [1.54, 1.807) is 0 Å². The summed E-state index contributed by atoms with van der Waals surface area (Å²) < 4.78 is 0. The lowest BCUT2D eigenvalue weighted by molar-refractivity contribution is 0.636. The maximum absolute atomic E-state index is 5.23. The van der Waals surface area contributed by atoms with Gasteiger partial charge >= 0.3 is 0 Å². The van der Waals surface area contributed by atoms with Gasteiger partial charge in [-0.05, 0) is 62.4 Å². The van der Waals surface area contributed by atoms with Gasteiger partial charge in [0.15, 0.2) is 5.82 Å². The van der Waals surface area contributed by atoms with Gasteiger partial charge in [-0.1, -0.05) is 153 Å². The zero-order chi connectivity index (χ0) is 33.0. The summed E-state index contributed by atoms with van der Waals surface area (Å²) in [5, 5.41) is 2.32. The molecule has 0 spiro atoms. The SMILES string of the molecule is CC1(C)c2ccccc2-c2cnc(-c3ccc(-c4ccc(-c5cc(-c6ccccc6)cc(-c6ccccc6)n5)cc4)c4ccccc34)nc21. The predicted octanol–water partition coefficient (Wildman–Crippen LogP) is 11.7. The molecule has 232 valence electrons. The number of nitrogens with zero attached hydrogens (tertiary/aromatic N) is 3. The summed E-state index contributed by atoms with van der Waals surface area (Å²) in [7, 11) is 0. The average molecular weight is 628 g/mol. The number of hydrogen-bond acceptors (Lipinski definition) is 3. The molecule has 9 rings (SSSR count). The summed E-state index contributed by atoms with van der Waals surface area (Å²) in [6.07, 6.45) is 2.01. The van der Waals surface area contributed by atoms with Crippen LogP contribution in [-0.4, -0.2) is 15.0 Å². The molecule has 1 aliphatic carbocycles. The van der Waals surface area contributed by atoms with E-state index >= 15 is 0 Å². The molecule has 0 unspecified atom stereocenters. The Morgan fingerprint density at radius 1 is 0.408 bits per heavy atom. The summed E-state index contributed by atoms with van der Waals surface area (Å²) in [5.74, 6) is 0.760. The maximum atomic E-state index is 5.23.